The average Bonchev–Trinajstić information content (AvgIpc) is 2.72. The Bertz CT molecular complexity index is 251. The van der Waals surface area contributed by atoms with Crippen molar-refractivity contribution in [2.45, 2.75) is 52.0 Å². The van der Waals surface area contributed by atoms with Crippen LogP contribution in [0.25, 0.3) is 0 Å². The smallest absolute Gasteiger partial charge is 0.237 e. The van der Waals surface area contributed by atoms with Crippen LogP contribution in [0.4, 0.5) is 0 Å². The number of amides is 1. The van der Waals surface area contributed by atoms with Crippen LogP contribution in [0.3, 0.4) is 0 Å². The Balaban J connectivity index is 2.40. The number of nitrogens with zero attached hydrogens (tertiary/aromatic N) is 1. The van der Waals surface area contributed by atoms with Gasteiger partial charge in [0.15, 0.2) is 0 Å². The second-order valence-electron chi connectivity index (χ2n) is 4.43. The molecule has 0 saturated heterocycles. The zero-order valence-electron chi connectivity index (χ0n) is 9.62. The third-order valence-electron chi connectivity index (χ3n) is 3.36. The molecule has 0 aromatic rings. The summed E-state index contributed by atoms with van der Waals surface area (Å²) in [5.41, 5.74) is 0. The topological polar surface area (TPSA) is 52.9 Å². The summed E-state index contributed by atoms with van der Waals surface area (Å²) in [7, 11) is 0. The van der Waals surface area contributed by atoms with Gasteiger partial charge in [0.2, 0.25) is 5.91 Å². The molecule has 1 N–H and O–H groups in total. The fraction of sp³-hybridized carbons (Fsp3) is 0.833. The van der Waals surface area contributed by atoms with Gasteiger partial charge in [0.05, 0.1) is 6.07 Å². The van der Waals surface area contributed by atoms with E-state index in [-0.39, 0.29) is 11.9 Å². The predicted octanol–water partition coefficient (Wildman–Crippen LogP) is 2.23. The Kier molecular flexibility index (Phi) is 4.61. The number of nitriles is 1. The van der Waals surface area contributed by atoms with E-state index in [1.807, 2.05) is 13.0 Å². The minimum absolute atomic E-state index is 0.0978. The van der Waals surface area contributed by atoms with Crippen molar-refractivity contribution in [2.24, 2.45) is 11.8 Å². The molecule has 0 heterocycles. The van der Waals surface area contributed by atoms with Gasteiger partial charge in [-0.05, 0) is 32.1 Å². The van der Waals surface area contributed by atoms with Crippen molar-refractivity contribution in [2.75, 3.05) is 0 Å². The zero-order chi connectivity index (χ0) is 11.3. The van der Waals surface area contributed by atoms with Crippen LogP contribution >= 0.6 is 0 Å². The summed E-state index contributed by atoms with van der Waals surface area (Å²) in [5.74, 6) is 0.0402. The highest BCUT2D eigenvalue weighted by Gasteiger charge is 2.25. The van der Waals surface area contributed by atoms with Crippen LogP contribution in [0.1, 0.15) is 46.0 Å². The van der Waals surface area contributed by atoms with Gasteiger partial charge in [-0.3, -0.25) is 4.79 Å². The van der Waals surface area contributed by atoms with Gasteiger partial charge in [-0.25, -0.2) is 0 Å². The van der Waals surface area contributed by atoms with E-state index in [1.165, 1.54) is 25.7 Å². The number of carbonyl (C=O) groups excluding carboxylic acids is 1. The maximum Gasteiger partial charge on any atom is 0.237 e. The first-order valence-corrected chi connectivity index (χ1v) is 5.89. The maximum atomic E-state index is 11.6. The minimum atomic E-state index is -0.478. The Morgan fingerprint density at radius 1 is 1.53 bits per heavy atom. The third kappa shape index (κ3) is 3.23. The van der Waals surface area contributed by atoms with E-state index < -0.39 is 5.92 Å². The van der Waals surface area contributed by atoms with Crippen molar-refractivity contribution in [3.05, 3.63) is 0 Å². The molecular formula is C12H20N2O. The van der Waals surface area contributed by atoms with Crippen LogP contribution in [0.15, 0.2) is 0 Å². The molecule has 1 amide bonds. The molecule has 84 valence electrons. The normalized spacial score (nSPS) is 20.6. The van der Waals surface area contributed by atoms with Gasteiger partial charge in [0, 0.05) is 6.04 Å². The van der Waals surface area contributed by atoms with Gasteiger partial charge in [0.1, 0.15) is 5.92 Å². The number of hydrogen-bond acceptors (Lipinski definition) is 2. The summed E-state index contributed by atoms with van der Waals surface area (Å²) in [6, 6.07) is 2.26. The Labute approximate surface area is 91.9 Å². The standard InChI is InChI=1S/C12H20N2O/c1-3-10(8-13)12(15)14-9(2)11-6-4-5-7-11/h9-11H,3-7H2,1-2H3,(H,14,15). The molecule has 0 radical (unpaired) electrons. The first-order chi connectivity index (χ1) is 7.19. The molecule has 0 aromatic carbocycles. The molecule has 0 bridgehead atoms. The van der Waals surface area contributed by atoms with Crippen LogP contribution in [-0.2, 0) is 4.79 Å². The van der Waals surface area contributed by atoms with Gasteiger partial charge < -0.3 is 5.32 Å². The molecular weight excluding hydrogens is 188 g/mol. The van der Waals surface area contributed by atoms with Gasteiger partial charge in [-0.15, -0.1) is 0 Å². The highest BCUT2D eigenvalue weighted by molar-refractivity contribution is 5.81. The van der Waals surface area contributed by atoms with Crippen LogP contribution in [0.5, 0.6) is 0 Å². The van der Waals surface area contributed by atoms with E-state index in [1.54, 1.807) is 0 Å². The van der Waals surface area contributed by atoms with E-state index in [4.69, 9.17) is 5.26 Å². The molecule has 1 saturated carbocycles. The fourth-order valence-corrected chi connectivity index (χ4v) is 2.24. The zero-order valence-corrected chi connectivity index (χ0v) is 9.62. The van der Waals surface area contributed by atoms with E-state index >= 15 is 0 Å². The summed E-state index contributed by atoms with van der Waals surface area (Å²) in [6.45, 7) is 3.92. The van der Waals surface area contributed by atoms with Crippen molar-refractivity contribution < 1.29 is 4.79 Å². The molecule has 0 aromatic heterocycles. The highest BCUT2D eigenvalue weighted by Crippen LogP contribution is 2.27. The van der Waals surface area contributed by atoms with Crippen molar-refractivity contribution in [3.8, 4) is 6.07 Å². The Hall–Kier alpha value is -1.04. The Morgan fingerprint density at radius 2 is 2.13 bits per heavy atom. The molecule has 0 aliphatic heterocycles. The lowest BCUT2D eigenvalue weighted by atomic mass is 9.98. The van der Waals surface area contributed by atoms with Crippen molar-refractivity contribution in [3.63, 3.8) is 0 Å². The molecule has 1 aliphatic rings. The van der Waals surface area contributed by atoms with E-state index in [2.05, 4.69) is 12.2 Å². The molecule has 0 spiro atoms. The van der Waals surface area contributed by atoms with E-state index in [0.717, 1.165) is 0 Å². The molecule has 15 heavy (non-hydrogen) atoms. The molecule has 3 heteroatoms. The molecule has 1 rings (SSSR count). The summed E-state index contributed by atoms with van der Waals surface area (Å²) >= 11 is 0. The van der Waals surface area contributed by atoms with E-state index in [0.29, 0.717) is 12.3 Å². The monoisotopic (exact) mass is 208 g/mol. The van der Waals surface area contributed by atoms with Crippen LogP contribution < -0.4 is 5.32 Å². The van der Waals surface area contributed by atoms with Gasteiger partial charge in [-0.1, -0.05) is 19.8 Å². The highest BCUT2D eigenvalue weighted by atomic mass is 16.1. The minimum Gasteiger partial charge on any atom is -0.352 e. The summed E-state index contributed by atoms with van der Waals surface area (Å²) in [6.07, 6.45) is 5.58. The van der Waals surface area contributed by atoms with Crippen LogP contribution in [0.2, 0.25) is 0 Å². The predicted molar refractivity (Wildman–Crippen MR) is 59.0 cm³/mol. The summed E-state index contributed by atoms with van der Waals surface area (Å²) in [4.78, 5) is 11.6. The first-order valence-electron chi connectivity index (χ1n) is 5.89. The van der Waals surface area contributed by atoms with Crippen LogP contribution in [0, 0.1) is 23.2 Å². The lowest BCUT2D eigenvalue weighted by Crippen LogP contribution is -2.40. The summed E-state index contributed by atoms with van der Waals surface area (Å²) < 4.78 is 0. The molecule has 1 fully saturated rings. The van der Waals surface area contributed by atoms with E-state index in [9.17, 15) is 4.79 Å². The molecule has 1 aliphatic carbocycles. The SMILES string of the molecule is CCC(C#N)C(=O)NC(C)C1CCCC1. The van der Waals surface area contributed by atoms with Gasteiger partial charge in [0.25, 0.3) is 0 Å². The van der Waals surface area contributed by atoms with Crippen molar-refractivity contribution in [1.82, 2.24) is 5.32 Å². The average molecular weight is 208 g/mol. The fourth-order valence-electron chi connectivity index (χ4n) is 2.24. The quantitative estimate of drug-likeness (QED) is 0.770. The lowest BCUT2D eigenvalue weighted by Gasteiger charge is -2.21. The number of nitrogens with one attached hydrogen (secondary N) is 1. The van der Waals surface area contributed by atoms with Gasteiger partial charge in [-0.2, -0.15) is 5.26 Å². The maximum absolute atomic E-state index is 11.6. The Morgan fingerprint density at radius 3 is 2.60 bits per heavy atom. The van der Waals surface area contributed by atoms with Gasteiger partial charge >= 0.3 is 0 Å². The van der Waals surface area contributed by atoms with Crippen LogP contribution in [-0.4, -0.2) is 11.9 Å². The lowest BCUT2D eigenvalue weighted by molar-refractivity contribution is -0.124. The molecule has 2 unspecified atom stereocenters. The largest absolute Gasteiger partial charge is 0.352 e. The number of carbonyl (C=O) groups is 1. The van der Waals surface area contributed by atoms with Crippen molar-refractivity contribution in [1.29, 1.82) is 5.26 Å². The molecule has 2 atom stereocenters. The van der Waals surface area contributed by atoms with Crippen molar-refractivity contribution >= 4 is 5.91 Å². The summed E-state index contributed by atoms with van der Waals surface area (Å²) in [5, 5.41) is 11.7. The molecule has 3 nitrogen and oxygen atoms in total. The number of rotatable bonds is 4. The first kappa shape index (κ1) is 12.0. The second kappa shape index (κ2) is 5.75. The second-order valence-corrected chi connectivity index (χ2v) is 4.43. The third-order valence-corrected chi connectivity index (χ3v) is 3.36. The number of hydrogen-bond donors (Lipinski definition) is 1.